The Morgan fingerprint density at radius 3 is 2.62 bits per heavy atom. The minimum absolute atomic E-state index is 0.102. The second-order valence-electron chi connectivity index (χ2n) is 6.15. The van der Waals surface area contributed by atoms with Gasteiger partial charge in [0.1, 0.15) is 11.5 Å². The lowest BCUT2D eigenvalue weighted by molar-refractivity contribution is -0.0344. The molecule has 1 aromatic rings. The van der Waals surface area contributed by atoms with Gasteiger partial charge in [0.2, 0.25) is 0 Å². The highest BCUT2D eigenvalue weighted by Gasteiger charge is 2.36. The molecule has 1 N–H and O–H groups in total. The Bertz CT molecular complexity index is 481. The van der Waals surface area contributed by atoms with E-state index >= 15 is 0 Å². The number of rotatable bonds is 10. The van der Waals surface area contributed by atoms with Crippen LogP contribution >= 0.6 is 0 Å². The van der Waals surface area contributed by atoms with E-state index in [9.17, 15) is 4.39 Å². The molecule has 0 bridgehead atoms. The van der Waals surface area contributed by atoms with Gasteiger partial charge in [0, 0.05) is 19.2 Å². The molecule has 6 nitrogen and oxygen atoms in total. The van der Waals surface area contributed by atoms with E-state index in [0.29, 0.717) is 63.6 Å². The average molecular weight is 342 g/mol. The van der Waals surface area contributed by atoms with E-state index in [0.717, 1.165) is 0 Å². The molecule has 1 aliphatic rings. The van der Waals surface area contributed by atoms with Crippen molar-refractivity contribution in [3.63, 3.8) is 0 Å². The van der Waals surface area contributed by atoms with Crippen LogP contribution in [-0.4, -0.2) is 60.9 Å². The van der Waals surface area contributed by atoms with Gasteiger partial charge < -0.3 is 19.3 Å². The maximum absolute atomic E-state index is 14.8. The molecule has 1 aliphatic carbocycles. The number of alkyl halides is 1. The summed E-state index contributed by atoms with van der Waals surface area (Å²) in [6.07, 6.45) is 3.92. The van der Waals surface area contributed by atoms with Crippen molar-refractivity contribution >= 4 is 0 Å². The number of halogens is 1. The van der Waals surface area contributed by atoms with Gasteiger partial charge in [0.25, 0.3) is 0 Å². The predicted octanol–water partition coefficient (Wildman–Crippen LogP) is 2.01. The molecule has 1 heterocycles. The van der Waals surface area contributed by atoms with Crippen molar-refractivity contribution in [2.24, 2.45) is 0 Å². The molecule has 0 saturated heterocycles. The van der Waals surface area contributed by atoms with E-state index in [1.54, 1.807) is 19.4 Å². The number of aliphatic hydroxyl groups excluding tert-OH is 1. The first-order valence-electron chi connectivity index (χ1n) is 8.43. The third kappa shape index (κ3) is 6.05. The lowest BCUT2D eigenvalue weighted by atomic mass is 9.80. The first kappa shape index (κ1) is 19.2. The van der Waals surface area contributed by atoms with E-state index in [1.165, 1.54) is 0 Å². The summed E-state index contributed by atoms with van der Waals surface area (Å²) in [6.45, 7) is 1.91. The molecule has 0 aromatic carbocycles. The van der Waals surface area contributed by atoms with Crippen molar-refractivity contribution in [2.75, 3.05) is 40.1 Å². The van der Waals surface area contributed by atoms with Crippen molar-refractivity contribution in [2.45, 2.75) is 43.9 Å². The Morgan fingerprint density at radius 2 is 1.92 bits per heavy atom. The first-order chi connectivity index (χ1) is 11.7. The van der Waals surface area contributed by atoms with Crippen LogP contribution < -0.4 is 0 Å². The molecular formula is C17H27FN2O4. The van der Waals surface area contributed by atoms with Crippen molar-refractivity contribution in [3.8, 4) is 0 Å². The van der Waals surface area contributed by atoms with E-state index < -0.39 is 5.67 Å². The SMILES string of the molecule is COCCOCCOCC1(F)CCC(c2nccc(CO)n2)CC1. The molecule has 0 spiro atoms. The van der Waals surface area contributed by atoms with Gasteiger partial charge in [-0.15, -0.1) is 0 Å². The number of hydrogen-bond acceptors (Lipinski definition) is 6. The Hall–Kier alpha value is -1.15. The quantitative estimate of drug-likeness (QED) is 0.656. The highest BCUT2D eigenvalue weighted by Crippen LogP contribution is 2.39. The zero-order chi connectivity index (χ0) is 17.3. The number of ether oxygens (including phenoxy) is 3. The summed E-state index contributed by atoms with van der Waals surface area (Å²) < 4.78 is 30.4. The number of hydrogen-bond donors (Lipinski definition) is 1. The van der Waals surface area contributed by atoms with Crippen molar-refractivity contribution in [3.05, 3.63) is 23.8 Å². The standard InChI is InChI=1S/C17H27FN2O4/c1-22-8-9-23-10-11-24-13-17(18)5-2-14(3-6-17)16-19-7-4-15(12-21)20-16/h4,7,14,21H,2-3,5-6,8-13H2,1H3. The second-order valence-corrected chi connectivity index (χ2v) is 6.15. The summed E-state index contributed by atoms with van der Waals surface area (Å²) >= 11 is 0. The fraction of sp³-hybridized carbons (Fsp3) is 0.765. The Labute approximate surface area is 142 Å². The third-order valence-electron chi connectivity index (χ3n) is 4.31. The summed E-state index contributed by atoms with van der Waals surface area (Å²) in [5.41, 5.74) is -0.675. The van der Waals surface area contributed by atoms with E-state index in [1.807, 2.05) is 0 Å². The zero-order valence-electron chi connectivity index (χ0n) is 14.2. The Kier molecular flexibility index (Phi) is 7.98. The van der Waals surface area contributed by atoms with Crippen molar-refractivity contribution < 1.29 is 23.7 Å². The fourth-order valence-electron chi connectivity index (χ4n) is 2.85. The van der Waals surface area contributed by atoms with Gasteiger partial charge in [0.15, 0.2) is 0 Å². The van der Waals surface area contributed by atoms with Crippen LogP contribution in [0.15, 0.2) is 12.3 Å². The van der Waals surface area contributed by atoms with Crippen LogP contribution in [-0.2, 0) is 20.8 Å². The van der Waals surface area contributed by atoms with Crippen LogP contribution in [0, 0.1) is 0 Å². The maximum atomic E-state index is 14.8. The van der Waals surface area contributed by atoms with E-state index in [4.69, 9.17) is 19.3 Å². The van der Waals surface area contributed by atoms with Gasteiger partial charge in [0.05, 0.1) is 45.3 Å². The molecule has 0 radical (unpaired) electrons. The van der Waals surface area contributed by atoms with Crippen molar-refractivity contribution in [1.82, 2.24) is 9.97 Å². The highest BCUT2D eigenvalue weighted by molar-refractivity contribution is 5.07. The van der Waals surface area contributed by atoms with Crippen LogP contribution in [0.5, 0.6) is 0 Å². The van der Waals surface area contributed by atoms with Crippen LogP contribution in [0.3, 0.4) is 0 Å². The topological polar surface area (TPSA) is 73.7 Å². The van der Waals surface area contributed by atoms with Crippen LogP contribution in [0.25, 0.3) is 0 Å². The van der Waals surface area contributed by atoms with Crippen molar-refractivity contribution in [1.29, 1.82) is 0 Å². The zero-order valence-corrected chi connectivity index (χ0v) is 14.2. The first-order valence-corrected chi connectivity index (χ1v) is 8.43. The molecular weight excluding hydrogens is 315 g/mol. The average Bonchev–Trinajstić information content (AvgIpc) is 2.61. The lowest BCUT2D eigenvalue weighted by Crippen LogP contribution is -2.34. The molecule has 1 aromatic heterocycles. The van der Waals surface area contributed by atoms with Gasteiger partial charge in [-0.05, 0) is 31.7 Å². The van der Waals surface area contributed by atoms with Gasteiger partial charge >= 0.3 is 0 Å². The predicted molar refractivity (Wildman–Crippen MR) is 86.5 cm³/mol. The Balaban J connectivity index is 1.69. The van der Waals surface area contributed by atoms with Crippen LogP contribution in [0.2, 0.25) is 0 Å². The number of aliphatic hydroxyl groups is 1. The normalized spacial score (nSPS) is 24.2. The summed E-state index contributed by atoms with van der Waals surface area (Å²) in [5.74, 6) is 0.855. The smallest absolute Gasteiger partial charge is 0.134 e. The summed E-state index contributed by atoms with van der Waals surface area (Å²) in [7, 11) is 1.62. The molecule has 24 heavy (non-hydrogen) atoms. The summed E-state index contributed by atoms with van der Waals surface area (Å²) in [5, 5.41) is 9.15. The third-order valence-corrected chi connectivity index (χ3v) is 4.31. The van der Waals surface area contributed by atoms with Gasteiger partial charge in [-0.3, -0.25) is 0 Å². The molecule has 1 saturated carbocycles. The van der Waals surface area contributed by atoms with Gasteiger partial charge in [-0.25, -0.2) is 14.4 Å². The molecule has 136 valence electrons. The monoisotopic (exact) mass is 342 g/mol. The number of aromatic nitrogens is 2. The molecule has 0 amide bonds. The van der Waals surface area contributed by atoms with Crippen LogP contribution in [0.1, 0.15) is 43.1 Å². The van der Waals surface area contributed by atoms with Crippen LogP contribution in [0.4, 0.5) is 4.39 Å². The molecule has 2 rings (SSSR count). The molecule has 7 heteroatoms. The maximum Gasteiger partial charge on any atom is 0.134 e. The molecule has 0 atom stereocenters. The molecule has 0 unspecified atom stereocenters. The molecule has 0 aliphatic heterocycles. The number of methoxy groups -OCH3 is 1. The van der Waals surface area contributed by atoms with Gasteiger partial charge in [-0.1, -0.05) is 0 Å². The van der Waals surface area contributed by atoms with Gasteiger partial charge in [-0.2, -0.15) is 0 Å². The second kappa shape index (κ2) is 9.98. The fourth-order valence-corrected chi connectivity index (χ4v) is 2.85. The minimum Gasteiger partial charge on any atom is -0.390 e. The minimum atomic E-state index is -1.28. The summed E-state index contributed by atoms with van der Waals surface area (Å²) in [6, 6.07) is 1.69. The highest BCUT2D eigenvalue weighted by atomic mass is 19.1. The summed E-state index contributed by atoms with van der Waals surface area (Å²) in [4.78, 5) is 8.60. The van der Waals surface area contributed by atoms with E-state index in [-0.39, 0.29) is 19.1 Å². The Morgan fingerprint density at radius 1 is 1.21 bits per heavy atom. The number of nitrogens with zero attached hydrogens (tertiary/aromatic N) is 2. The molecule has 1 fully saturated rings. The lowest BCUT2D eigenvalue weighted by Gasteiger charge is -2.33. The largest absolute Gasteiger partial charge is 0.390 e. The van der Waals surface area contributed by atoms with E-state index in [2.05, 4.69) is 9.97 Å².